The molecule has 1 aromatic rings. The molecule has 2 heterocycles. The Kier molecular flexibility index (Phi) is 7.12. The normalized spacial score (nSPS) is 16.4. The van der Waals surface area contributed by atoms with Crippen LogP contribution in [-0.4, -0.2) is 43.0 Å². The standard InChI is InChI=1S/C18H22N2O6S/c1-4-25-17(23)16-11(3)19-18(24)20-12(16)9-26-15(22)8-6-13(21)14-7-5-10(2)27-14/h5,7,11H,4,6,8-9H2,1-3H3,(H2,19,20,24)/t11-/m1/s1. The molecule has 0 unspecified atom stereocenters. The van der Waals surface area contributed by atoms with Crippen LogP contribution in [0.25, 0.3) is 0 Å². The van der Waals surface area contributed by atoms with Crippen molar-refractivity contribution in [1.29, 1.82) is 0 Å². The number of aryl methyl sites for hydroxylation is 1. The summed E-state index contributed by atoms with van der Waals surface area (Å²) in [4.78, 5) is 49.3. The maximum atomic E-state index is 12.1. The number of Topliss-reactive ketones (excluding diaryl/α,β-unsaturated/α-hetero) is 1. The summed E-state index contributed by atoms with van der Waals surface area (Å²) in [5.41, 5.74) is 0.382. The number of carbonyl (C=O) groups excluding carboxylic acids is 4. The highest BCUT2D eigenvalue weighted by Crippen LogP contribution is 2.18. The SMILES string of the molecule is CCOC(=O)C1=C(COC(=O)CCC(=O)c2ccc(C)s2)NC(=O)N[C@@H]1C. The van der Waals surface area contributed by atoms with E-state index in [9.17, 15) is 19.2 Å². The van der Waals surface area contributed by atoms with E-state index in [0.29, 0.717) is 4.88 Å². The minimum absolute atomic E-state index is 0.0346. The van der Waals surface area contributed by atoms with Gasteiger partial charge in [-0.2, -0.15) is 0 Å². The summed E-state index contributed by atoms with van der Waals surface area (Å²) in [6.07, 6.45) is -0.0492. The zero-order valence-electron chi connectivity index (χ0n) is 15.4. The number of hydrogen-bond acceptors (Lipinski definition) is 7. The summed E-state index contributed by atoms with van der Waals surface area (Å²) in [5.74, 6) is -1.31. The lowest BCUT2D eigenvalue weighted by molar-refractivity contribution is -0.143. The number of hydrogen-bond donors (Lipinski definition) is 2. The molecule has 27 heavy (non-hydrogen) atoms. The first-order valence-electron chi connectivity index (χ1n) is 8.54. The Morgan fingerprint density at radius 2 is 1.93 bits per heavy atom. The van der Waals surface area contributed by atoms with Gasteiger partial charge in [0.2, 0.25) is 0 Å². The van der Waals surface area contributed by atoms with E-state index in [4.69, 9.17) is 9.47 Å². The van der Waals surface area contributed by atoms with E-state index in [2.05, 4.69) is 10.6 Å². The molecule has 0 aromatic carbocycles. The third kappa shape index (κ3) is 5.65. The number of esters is 2. The molecule has 2 N–H and O–H groups in total. The quantitative estimate of drug-likeness (QED) is 0.516. The van der Waals surface area contributed by atoms with E-state index in [1.807, 2.05) is 13.0 Å². The van der Waals surface area contributed by atoms with Gasteiger partial charge < -0.3 is 20.1 Å². The number of ketones is 1. The second kappa shape index (κ2) is 9.31. The molecule has 1 aliphatic rings. The minimum Gasteiger partial charge on any atom is -0.463 e. The van der Waals surface area contributed by atoms with Crippen LogP contribution in [0.3, 0.4) is 0 Å². The predicted molar refractivity (Wildman–Crippen MR) is 98.4 cm³/mol. The van der Waals surface area contributed by atoms with Gasteiger partial charge in [-0.1, -0.05) is 0 Å². The Morgan fingerprint density at radius 3 is 2.56 bits per heavy atom. The van der Waals surface area contributed by atoms with E-state index < -0.39 is 24.0 Å². The Bertz CT molecular complexity index is 783. The second-order valence-corrected chi connectivity index (χ2v) is 7.21. The summed E-state index contributed by atoms with van der Waals surface area (Å²) in [7, 11) is 0. The number of ether oxygens (including phenoxy) is 2. The average Bonchev–Trinajstić information content (AvgIpc) is 3.04. The van der Waals surface area contributed by atoms with E-state index in [1.165, 1.54) is 11.3 Å². The highest BCUT2D eigenvalue weighted by molar-refractivity contribution is 7.14. The topological polar surface area (TPSA) is 111 Å². The third-order valence-corrected chi connectivity index (χ3v) is 4.86. The molecule has 2 amide bonds. The van der Waals surface area contributed by atoms with Crippen molar-refractivity contribution in [2.45, 2.75) is 39.7 Å². The van der Waals surface area contributed by atoms with Crippen molar-refractivity contribution >= 4 is 35.1 Å². The fourth-order valence-corrected chi connectivity index (χ4v) is 3.38. The molecule has 0 bridgehead atoms. The molecule has 8 nitrogen and oxygen atoms in total. The van der Waals surface area contributed by atoms with Gasteiger partial charge in [-0.3, -0.25) is 9.59 Å². The van der Waals surface area contributed by atoms with Gasteiger partial charge in [-0.25, -0.2) is 9.59 Å². The summed E-state index contributed by atoms with van der Waals surface area (Å²) < 4.78 is 10.1. The van der Waals surface area contributed by atoms with E-state index >= 15 is 0 Å². The van der Waals surface area contributed by atoms with Crippen molar-refractivity contribution in [1.82, 2.24) is 10.6 Å². The van der Waals surface area contributed by atoms with Crippen molar-refractivity contribution in [3.8, 4) is 0 Å². The van der Waals surface area contributed by atoms with E-state index in [1.54, 1.807) is 19.9 Å². The third-order valence-electron chi connectivity index (χ3n) is 3.81. The van der Waals surface area contributed by atoms with Crippen molar-refractivity contribution in [2.24, 2.45) is 0 Å². The fraction of sp³-hybridized carbons (Fsp3) is 0.444. The van der Waals surface area contributed by atoms with E-state index in [-0.39, 0.29) is 43.1 Å². The Morgan fingerprint density at radius 1 is 1.19 bits per heavy atom. The molecule has 0 spiro atoms. The summed E-state index contributed by atoms with van der Waals surface area (Å²) in [5, 5.41) is 5.03. The van der Waals surface area contributed by atoms with Crippen LogP contribution in [0.4, 0.5) is 4.79 Å². The Labute approximate surface area is 160 Å². The van der Waals surface area contributed by atoms with Gasteiger partial charge in [0.05, 0.1) is 35.2 Å². The van der Waals surface area contributed by atoms with Gasteiger partial charge in [0.1, 0.15) is 6.61 Å². The number of amides is 2. The molecule has 1 aliphatic heterocycles. The second-order valence-electron chi connectivity index (χ2n) is 5.93. The smallest absolute Gasteiger partial charge is 0.338 e. The number of nitrogens with one attached hydrogen (secondary N) is 2. The van der Waals surface area contributed by atoms with Crippen LogP contribution in [0.15, 0.2) is 23.4 Å². The highest BCUT2D eigenvalue weighted by Gasteiger charge is 2.30. The molecular formula is C18H22N2O6S. The highest BCUT2D eigenvalue weighted by atomic mass is 32.1. The number of thiophene rings is 1. The van der Waals surface area contributed by atoms with Crippen molar-refractivity contribution < 1.29 is 28.7 Å². The number of carbonyl (C=O) groups is 4. The lowest BCUT2D eigenvalue weighted by atomic mass is 10.0. The predicted octanol–water partition coefficient (Wildman–Crippen LogP) is 2.08. The van der Waals surface area contributed by atoms with Gasteiger partial charge in [0.15, 0.2) is 5.78 Å². The van der Waals surface area contributed by atoms with Crippen molar-refractivity contribution in [3.63, 3.8) is 0 Å². The van der Waals surface area contributed by atoms with Gasteiger partial charge in [0, 0.05) is 11.3 Å². The first-order chi connectivity index (χ1) is 12.8. The molecule has 146 valence electrons. The zero-order chi connectivity index (χ0) is 20.0. The molecule has 0 aliphatic carbocycles. The summed E-state index contributed by atoms with van der Waals surface area (Å²) in [6.45, 7) is 5.11. The van der Waals surface area contributed by atoms with E-state index in [0.717, 1.165) is 4.88 Å². The molecule has 0 saturated carbocycles. The molecule has 0 radical (unpaired) electrons. The zero-order valence-corrected chi connectivity index (χ0v) is 16.2. The van der Waals surface area contributed by atoms with Crippen LogP contribution in [0.1, 0.15) is 41.2 Å². The lowest BCUT2D eigenvalue weighted by Gasteiger charge is -2.26. The maximum absolute atomic E-state index is 12.1. The largest absolute Gasteiger partial charge is 0.463 e. The number of urea groups is 1. The minimum atomic E-state index is -0.591. The average molecular weight is 394 g/mol. The molecule has 0 fully saturated rings. The summed E-state index contributed by atoms with van der Waals surface area (Å²) in [6, 6.07) is 2.51. The van der Waals surface area contributed by atoms with Crippen LogP contribution in [0.2, 0.25) is 0 Å². The number of rotatable bonds is 8. The molecule has 9 heteroatoms. The first kappa shape index (κ1) is 20.6. The monoisotopic (exact) mass is 394 g/mol. The lowest BCUT2D eigenvalue weighted by Crippen LogP contribution is -2.50. The molecule has 1 atom stereocenters. The Balaban J connectivity index is 1.94. The van der Waals surface area contributed by atoms with Crippen LogP contribution < -0.4 is 10.6 Å². The van der Waals surface area contributed by atoms with Gasteiger partial charge in [-0.15, -0.1) is 11.3 Å². The van der Waals surface area contributed by atoms with Gasteiger partial charge >= 0.3 is 18.0 Å². The van der Waals surface area contributed by atoms with Crippen LogP contribution in [0.5, 0.6) is 0 Å². The molecule has 1 aromatic heterocycles. The van der Waals surface area contributed by atoms with Gasteiger partial charge in [-0.05, 0) is 32.9 Å². The van der Waals surface area contributed by atoms with Crippen LogP contribution >= 0.6 is 11.3 Å². The van der Waals surface area contributed by atoms with Crippen molar-refractivity contribution in [3.05, 3.63) is 33.2 Å². The first-order valence-corrected chi connectivity index (χ1v) is 9.36. The fourth-order valence-electron chi connectivity index (χ4n) is 2.54. The van der Waals surface area contributed by atoms with Gasteiger partial charge in [0.25, 0.3) is 0 Å². The van der Waals surface area contributed by atoms with Crippen molar-refractivity contribution in [2.75, 3.05) is 13.2 Å². The van der Waals surface area contributed by atoms with Crippen LogP contribution in [-0.2, 0) is 19.1 Å². The summed E-state index contributed by atoms with van der Waals surface area (Å²) >= 11 is 1.38. The molecule has 0 saturated heterocycles. The molecular weight excluding hydrogens is 372 g/mol. The van der Waals surface area contributed by atoms with Crippen LogP contribution in [0, 0.1) is 6.92 Å². The Hall–Kier alpha value is -2.68. The molecule has 2 rings (SSSR count). The maximum Gasteiger partial charge on any atom is 0.338 e.